The van der Waals surface area contributed by atoms with Gasteiger partial charge in [0.25, 0.3) is 5.91 Å². The van der Waals surface area contributed by atoms with Gasteiger partial charge in [-0.3, -0.25) is 4.79 Å². The highest BCUT2D eigenvalue weighted by atomic mass is 16.5. The molecule has 5 heteroatoms. The molecule has 5 nitrogen and oxygen atoms in total. The molecule has 0 saturated heterocycles. The van der Waals surface area contributed by atoms with Crippen molar-refractivity contribution in [1.82, 2.24) is 5.32 Å². The second-order valence-electron chi connectivity index (χ2n) is 4.13. The van der Waals surface area contributed by atoms with Gasteiger partial charge in [0.1, 0.15) is 5.75 Å². The van der Waals surface area contributed by atoms with Crippen molar-refractivity contribution in [3.63, 3.8) is 0 Å². The summed E-state index contributed by atoms with van der Waals surface area (Å²) < 4.78 is 5.33. The number of ether oxygens (including phenoxy) is 1. The summed E-state index contributed by atoms with van der Waals surface area (Å²) in [5, 5.41) is 10.9. The Bertz CT molecular complexity index is 437. The third-order valence-electron chi connectivity index (χ3n) is 2.68. The Morgan fingerprint density at radius 2 is 2.16 bits per heavy atom. The molecule has 1 atom stereocenters. The van der Waals surface area contributed by atoms with Crippen LogP contribution >= 0.6 is 0 Å². The van der Waals surface area contributed by atoms with Crippen LogP contribution in [0.3, 0.4) is 0 Å². The third-order valence-corrected chi connectivity index (χ3v) is 2.68. The van der Waals surface area contributed by atoms with Gasteiger partial charge in [-0.25, -0.2) is 0 Å². The molecular weight excluding hydrogens is 242 g/mol. The molecule has 1 aromatic rings. The molecule has 0 aliphatic rings. The van der Waals surface area contributed by atoms with Crippen LogP contribution in [-0.4, -0.2) is 19.1 Å². The summed E-state index contributed by atoms with van der Waals surface area (Å²) in [5.41, 5.74) is 6.95. The fraction of sp³-hybridized carbons (Fsp3) is 0.429. The molecule has 0 radical (unpaired) electrons. The van der Waals surface area contributed by atoms with Crippen LogP contribution in [0.1, 0.15) is 31.4 Å². The van der Waals surface area contributed by atoms with Gasteiger partial charge in [0.15, 0.2) is 6.61 Å². The van der Waals surface area contributed by atoms with Crippen molar-refractivity contribution in [3.8, 4) is 11.8 Å². The third kappa shape index (κ3) is 5.40. The average Bonchev–Trinajstić information content (AvgIpc) is 2.45. The topological polar surface area (TPSA) is 88.1 Å². The molecule has 0 aromatic heterocycles. The lowest BCUT2D eigenvalue weighted by Crippen LogP contribution is -2.29. The summed E-state index contributed by atoms with van der Waals surface area (Å²) in [5.74, 6) is 0.395. The highest BCUT2D eigenvalue weighted by Gasteiger charge is 2.04. The average molecular weight is 261 g/mol. The van der Waals surface area contributed by atoms with Gasteiger partial charge in [-0.05, 0) is 24.1 Å². The molecular formula is C14H19N3O2. The molecule has 0 spiro atoms. The first kappa shape index (κ1) is 15.0. The fourth-order valence-corrected chi connectivity index (χ4v) is 1.50. The maximum absolute atomic E-state index is 11.3. The Hall–Kier alpha value is -2.06. The summed E-state index contributed by atoms with van der Waals surface area (Å²) in [6, 6.07) is 9.38. The van der Waals surface area contributed by atoms with Crippen molar-refractivity contribution in [2.75, 3.05) is 13.2 Å². The van der Waals surface area contributed by atoms with Gasteiger partial charge >= 0.3 is 0 Å². The van der Waals surface area contributed by atoms with E-state index >= 15 is 0 Å². The summed E-state index contributed by atoms with van der Waals surface area (Å²) in [4.78, 5) is 11.3. The van der Waals surface area contributed by atoms with E-state index in [2.05, 4.69) is 5.32 Å². The number of nitriles is 1. The maximum Gasteiger partial charge on any atom is 0.257 e. The summed E-state index contributed by atoms with van der Waals surface area (Å²) in [7, 11) is 0. The Kier molecular flexibility index (Phi) is 6.41. The van der Waals surface area contributed by atoms with Gasteiger partial charge in [0.05, 0.1) is 12.5 Å². The van der Waals surface area contributed by atoms with Crippen molar-refractivity contribution >= 4 is 5.91 Å². The van der Waals surface area contributed by atoms with Crippen LogP contribution in [0.15, 0.2) is 24.3 Å². The van der Waals surface area contributed by atoms with E-state index in [4.69, 9.17) is 15.7 Å². The number of hydrogen-bond acceptors (Lipinski definition) is 4. The molecule has 0 aliphatic carbocycles. The maximum atomic E-state index is 11.3. The van der Waals surface area contributed by atoms with E-state index in [1.54, 1.807) is 12.1 Å². The molecule has 0 unspecified atom stereocenters. The number of carbonyl (C=O) groups excluding carboxylic acids is 1. The number of hydrogen-bond donors (Lipinski definition) is 2. The smallest absolute Gasteiger partial charge is 0.257 e. The van der Waals surface area contributed by atoms with Crippen LogP contribution in [0.5, 0.6) is 5.75 Å². The first-order chi connectivity index (χ1) is 9.17. The second kappa shape index (κ2) is 8.11. The van der Waals surface area contributed by atoms with Crippen LogP contribution in [0.2, 0.25) is 0 Å². The van der Waals surface area contributed by atoms with Crippen LogP contribution in [-0.2, 0) is 4.79 Å². The Morgan fingerprint density at radius 1 is 1.47 bits per heavy atom. The number of nitrogens with zero attached hydrogens (tertiary/aromatic N) is 1. The standard InChI is InChI=1S/C14H19N3O2/c1-2-13(16)11-4-6-12(7-5-11)19-10-14(18)17-9-3-8-15/h4-7,13H,2-3,9-10,16H2,1H3,(H,17,18)/t13-/m0/s1. The number of rotatable bonds is 7. The minimum Gasteiger partial charge on any atom is -0.484 e. The molecule has 0 aliphatic heterocycles. The van der Waals surface area contributed by atoms with Crippen LogP contribution in [0.25, 0.3) is 0 Å². The highest BCUT2D eigenvalue weighted by molar-refractivity contribution is 5.77. The first-order valence-corrected chi connectivity index (χ1v) is 6.29. The molecule has 19 heavy (non-hydrogen) atoms. The number of nitrogens with two attached hydrogens (primary N) is 1. The summed E-state index contributed by atoms with van der Waals surface area (Å²) in [6.45, 7) is 2.33. The van der Waals surface area contributed by atoms with Crippen LogP contribution in [0.4, 0.5) is 0 Å². The van der Waals surface area contributed by atoms with E-state index in [1.165, 1.54) is 0 Å². The Balaban J connectivity index is 2.37. The molecule has 1 amide bonds. The van der Waals surface area contributed by atoms with Gasteiger partial charge in [-0.15, -0.1) is 0 Å². The zero-order chi connectivity index (χ0) is 14.1. The largest absolute Gasteiger partial charge is 0.484 e. The lowest BCUT2D eigenvalue weighted by Gasteiger charge is -2.10. The molecule has 102 valence electrons. The van der Waals surface area contributed by atoms with Crippen molar-refractivity contribution in [2.45, 2.75) is 25.8 Å². The molecule has 0 heterocycles. The predicted octanol–water partition coefficient (Wildman–Crippen LogP) is 1.51. The van der Waals surface area contributed by atoms with E-state index in [-0.39, 0.29) is 18.6 Å². The quantitative estimate of drug-likeness (QED) is 0.728. The number of amides is 1. The molecule has 3 N–H and O–H groups in total. The summed E-state index contributed by atoms with van der Waals surface area (Å²) in [6.07, 6.45) is 1.18. The van der Waals surface area contributed by atoms with Gasteiger partial charge in [0.2, 0.25) is 0 Å². The normalized spacial score (nSPS) is 11.4. The molecule has 0 fully saturated rings. The first-order valence-electron chi connectivity index (χ1n) is 6.29. The number of nitrogens with one attached hydrogen (secondary N) is 1. The SMILES string of the molecule is CC[C@H](N)c1ccc(OCC(=O)NCCC#N)cc1. The van der Waals surface area contributed by atoms with Crippen molar-refractivity contribution in [1.29, 1.82) is 5.26 Å². The highest BCUT2D eigenvalue weighted by Crippen LogP contribution is 2.18. The fourth-order valence-electron chi connectivity index (χ4n) is 1.50. The van der Waals surface area contributed by atoms with Gasteiger partial charge in [-0.2, -0.15) is 5.26 Å². The Morgan fingerprint density at radius 3 is 2.74 bits per heavy atom. The van der Waals surface area contributed by atoms with Crippen molar-refractivity contribution in [3.05, 3.63) is 29.8 Å². The second-order valence-corrected chi connectivity index (χ2v) is 4.13. The van der Waals surface area contributed by atoms with E-state index in [9.17, 15) is 4.79 Å². The lowest BCUT2D eigenvalue weighted by atomic mass is 10.1. The van der Waals surface area contributed by atoms with Crippen LogP contribution in [0, 0.1) is 11.3 Å². The number of benzene rings is 1. The zero-order valence-electron chi connectivity index (χ0n) is 11.1. The van der Waals surface area contributed by atoms with Crippen LogP contribution < -0.4 is 15.8 Å². The monoisotopic (exact) mass is 261 g/mol. The minimum atomic E-state index is -0.232. The molecule has 0 saturated carbocycles. The van der Waals surface area contributed by atoms with E-state index in [0.717, 1.165) is 12.0 Å². The van der Waals surface area contributed by atoms with Gasteiger partial charge in [0, 0.05) is 12.6 Å². The van der Waals surface area contributed by atoms with Gasteiger partial charge in [-0.1, -0.05) is 19.1 Å². The predicted molar refractivity (Wildman–Crippen MR) is 72.4 cm³/mol. The minimum absolute atomic E-state index is 0.0309. The Labute approximate surface area is 113 Å². The number of carbonyl (C=O) groups is 1. The zero-order valence-corrected chi connectivity index (χ0v) is 11.1. The van der Waals surface area contributed by atoms with Crippen molar-refractivity contribution < 1.29 is 9.53 Å². The van der Waals surface area contributed by atoms with Crippen molar-refractivity contribution in [2.24, 2.45) is 5.73 Å². The molecule has 1 rings (SSSR count). The van der Waals surface area contributed by atoms with Gasteiger partial charge < -0.3 is 15.8 Å². The lowest BCUT2D eigenvalue weighted by molar-refractivity contribution is -0.123. The van der Waals surface area contributed by atoms with E-state index < -0.39 is 0 Å². The molecule has 1 aromatic carbocycles. The van der Waals surface area contributed by atoms with E-state index in [1.807, 2.05) is 25.1 Å². The molecule has 0 bridgehead atoms. The summed E-state index contributed by atoms with van der Waals surface area (Å²) >= 11 is 0. The van der Waals surface area contributed by atoms with E-state index in [0.29, 0.717) is 18.7 Å².